The predicted octanol–water partition coefficient (Wildman–Crippen LogP) is 2.87. The van der Waals surface area contributed by atoms with Crippen LogP contribution in [0.25, 0.3) is 0 Å². The molecule has 0 fully saturated rings. The summed E-state index contributed by atoms with van der Waals surface area (Å²) in [6.45, 7) is 0. The maximum atomic E-state index is 10.9. The molecule has 0 aliphatic heterocycles. The van der Waals surface area contributed by atoms with Crippen LogP contribution in [0.1, 0.15) is 0 Å². The van der Waals surface area contributed by atoms with Gasteiger partial charge in [-0.25, -0.2) is 9.69 Å². The third-order valence-electron chi connectivity index (χ3n) is 0.937. The second-order valence-corrected chi connectivity index (χ2v) is 4.71. The minimum Gasteiger partial charge on any atom is -0.452 e. The summed E-state index contributed by atoms with van der Waals surface area (Å²) in [7, 11) is 1.14. The summed E-state index contributed by atoms with van der Waals surface area (Å²) in [4.78, 5) is 22.2. The summed E-state index contributed by atoms with van der Waals surface area (Å²) in [6.07, 6.45) is -0.846. The van der Waals surface area contributed by atoms with Crippen molar-refractivity contribution in [2.75, 3.05) is 13.0 Å². The number of methoxy groups -OCH3 is 1. The van der Waals surface area contributed by atoms with Crippen molar-refractivity contribution in [3.63, 3.8) is 0 Å². The van der Waals surface area contributed by atoms with Gasteiger partial charge in [-0.15, -0.1) is 11.8 Å². The number of carbonyl (C=O) groups excluding carboxylic acids is 2. The number of nitrogens with zero attached hydrogens (tertiary/aromatic N) is 1. The van der Waals surface area contributed by atoms with Gasteiger partial charge < -0.3 is 4.74 Å². The van der Waals surface area contributed by atoms with Crippen LogP contribution in [0.4, 0.5) is 9.59 Å². The van der Waals surface area contributed by atoms with Crippen LogP contribution in [0, 0.1) is 0 Å². The van der Waals surface area contributed by atoms with Gasteiger partial charge in [0.05, 0.1) is 13.0 Å². The highest BCUT2D eigenvalue weighted by molar-refractivity contribution is 8.02. The van der Waals surface area contributed by atoms with Crippen molar-refractivity contribution in [3.05, 3.63) is 0 Å². The largest absolute Gasteiger partial charge is 0.452 e. The molecule has 0 atom stereocenters. The van der Waals surface area contributed by atoms with Gasteiger partial charge in [0.2, 0.25) is 0 Å². The number of ether oxygens (including phenoxy) is 1. The van der Waals surface area contributed by atoms with E-state index in [9.17, 15) is 9.59 Å². The molecule has 0 aromatic heterocycles. The molecule has 4 nitrogen and oxygen atoms in total. The van der Waals surface area contributed by atoms with E-state index < -0.39 is 15.6 Å². The molecule has 0 unspecified atom stereocenters. The van der Waals surface area contributed by atoms with Gasteiger partial charge in [-0.05, 0) is 11.6 Å². The van der Waals surface area contributed by atoms with Crippen LogP contribution in [-0.2, 0) is 4.74 Å². The number of imide groups is 1. The fourth-order valence-electron chi connectivity index (χ4n) is 0.416. The van der Waals surface area contributed by atoms with Crippen molar-refractivity contribution < 1.29 is 14.3 Å². The van der Waals surface area contributed by atoms with Crippen LogP contribution in [-0.4, -0.2) is 33.5 Å². The zero-order chi connectivity index (χ0) is 10.4. The Labute approximate surface area is 94.4 Å². The standard InChI is InChI=1S/C5H6Cl3NO3S/c1-12-5(11)9(4(8)10)2-13-3(6)7/h3H,2H2,1H3. The Kier molecular flexibility index (Phi) is 6.67. The third-order valence-corrected chi connectivity index (χ3v) is 2.56. The summed E-state index contributed by atoms with van der Waals surface area (Å²) >= 11 is 16.8. The predicted molar refractivity (Wildman–Crippen MR) is 53.4 cm³/mol. The van der Waals surface area contributed by atoms with Gasteiger partial charge in [0, 0.05) is 0 Å². The lowest BCUT2D eigenvalue weighted by atomic mass is 10.9. The van der Waals surface area contributed by atoms with Crippen LogP contribution in [0.3, 0.4) is 0 Å². The first-order valence-electron chi connectivity index (χ1n) is 2.93. The fourth-order valence-corrected chi connectivity index (χ4v) is 1.44. The van der Waals surface area contributed by atoms with Crippen LogP contribution in [0.15, 0.2) is 0 Å². The molecule has 0 aromatic carbocycles. The van der Waals surface area contributed by atoms with Crippen molar-refractivity contribution in [2.24, 2.45) is 0 Å². The number of thioether (sulfide) groups is 1. The lowest BCUT2D eigenvalue weighted by molar-refractivity contribution is 0.141. The van der Waals surface area contributed by atoms with E-state index >= 15 is 0 Å². The first kappa shape index (κ1) is 13.2. The SMILES string of the molecule is COC(=O)N(CSC(Cl)Cl)C(=O)Cl. The zero-order valence-electron chi connectivity index (χ0n) is 6.50. The van der Waals surface area contributed by atoms with Crippen molar-refractivity contribution in [1.82, 2.24) is 4.90 Å². The Morgan fingerprint density at radius 3 is 2.38 bits per heavy atom. The number of carbonyl (C=O) groups is 2. The average molecular weight is 267 g/mol. The molecule has 0 saturated carbocycles. The van der Waals surface area contributed by atoms with Gasteiger partial charge >= 0.3 is 11.5 Å². The average Bonchev–Trinajstić information content (AvgIpc) is 2.03. The van der Waals surface area contributed by atoms with Crippen LogP contribution in [0.5, 0.6) is 0 Å². The molecule has 0 heterocycles. The van der Waals surface area contributed by atoms with E-state index in [-0.39, 0.29) is 5.88 Å². The molecular weight excluding hydrogens is 260 g/mol. The van der Waals surface area contributed by atoms with E-state index in [1.165, 1.54) is 0 Å². The highest BCUT2D eigenvalue weighted by Gasteiger charge is 2.20. The number of hydrogen-bond donors (Lipinski definition) is 0. The Morgan fingerprint density at radius 2 is 2.08 bits per heavy atom. The number of alkyl halides is 2. The molecular formula is C5H6Cl3NO3S. The fraction of sp³-hybridized carbons (Fsp3) is 0.600. The quantitative estimate of drug-likeness (QED) is 0.341. The molecule has 0 rings (SSSR count). The van der Waals surface area contributed by atoms with Gasteiger partial charge in [0.25, 0.3) is 0 Å². The van der Waals surface area contributed by atoms with E-state index in [2.05, 4.69) is 4.74 Å². The minimum atomic E-state index is -0.937. The Morgan fingerprint density at radius 1 is 1.54 bits per heavy atom. The second kappa shape index (κ2) is 6.59. The van der Waals surface area contributed by atoms with E-state index in [0.29, 0.717) is 4.90 Å². The highest BCUT2D eigenvalue weighted by atomic mass is 35.5. The Balaban J connectivity index is 4.11. The molecule has 0 aliphatic rings. The molecule has 2 amide bonds. The van der Waals surface area contributed by atoms with Gasteiger partial charge in [0.1, 0.15) is 0 Å². The summed E-state index contributed by atoms with van der Waals surface area (Å²) in [5.41, 5.74) is 0. The van der Waals surface area contributed by atoms with Crippen molar-refractivity contribution in [1.29, 1.82) is 0 Å². The molecule has 13 heavy (non-hydrogen) atoms. The summed E-state index contributed by atoms with van der Waals surface area (Å²) in [5, 5.41) is -0.937. The van der Waals surface area contributed by atoms with Crippen molar-refractivity contribution in [3.8, 4) is 0 Å². The monoisotopic (exact) mass is 265 g/mol. The number of hydrogen-bond acceptors (Lipinski definition) is 4. The van der Waals surface area contributed by atoms with E-state index in [0.717, 1.165) is 18.9 Å². The van der Waals surface area contributed by atoms with E-state index in [1.54, 1.807) is 0 Å². The lowest BCUT2D eigenvalue weighted by Crippen LogP contribution is -2.32. The topological polar surface area (TPSA) is 46.6 Å². The highest BCUT2D eigenvalue weighted by Crippen LogP contribution is 2.20. The molecule has 0 aromatic rings. The summed E-state index contributed by atoms with van der Waals surface area (Å²) in [5.74, 6) is -0.0489. The Bertz CT molecular complexity index is 201. The molecule has 8 heteroatoms. The van der Waals surface area contributed by atoms with Crippen LogP contribution < -0.4 is 0 Å². The summed E-state index contributed by atoms with van der Waals surface area (Å²) < 4.78 is 3.55. The van der Waals surface area contributed by atoms with Crippen LogP contribution >= 0.6 is 46.6 Å². The van der Waals surface area contributed by atoms with Gasteiger partial charge in [0.15, 0.2) is 4.17 Å². The van der Waals surface area contributed by atoms with Crippen LogP contribution in [0.2, 0.25) is 0 Å². The maximum Gasteiger partial charge on any atom is 0.417 e. The first-order chi connectivity index (χ1) is 5.99. The van der Waals surface area contributed by atoms with Gasteiger partial charge in [-0.1, -0.05) is 23.2 Å². The Hall–Kier alpha value is 0.160. The second-order valence-electron chi connectivity index (χ2n) is 1.71. The third kappa shape index (κ3) is 5.46. The molecule has 0 radical (unpaired) electrons. The van der Waals surface area contributed by atoms with Gasteiger partial charge in [-0.2, -0.15) is 0 Å². The molecule has 0 N–H and O–H groups in total. The van der Waals surface area contributed by atoms with E-state index in [1.807, 2.05) is 0 Å². The minimum absolute atomic E-state index is 0.0489. The molecule has 0 bridgehead atoms. The van der Waals surface area contributed by atoms with Gasteiger partial charge in [-0.3, -0.25) is 4.79 Å². The smallest absolute Gasteiger partial charge is 0.417 e. The number of rotatable bonds is 3. The zero-order valence-corrected chi connectivity index (χ0v) is 9.58. The number of halogens is 3. The lowest BCUT2D eigenvalue weighted by Gasteiger charge is -2.15. The molecule has 0 saturated heterocycles. The normalized spacial score (nSPS) is 9.92. The summed E-state index contributed by atoms with van der Waals surface area (Å²) in [6, 6.07) is 0. The van der Waals surface area contributed by atoms with E-state index in [4.69, 9.17) is 34.8 Å². The molecule has 0 aliphatic carbocycles. The van der Waals surface area contributed by atoms with Crippen molar-refractivity contribution >= 4 is 58.0 Å². The first-order valence-corrected chi connectivity index (χ1v) is 5.23. The molecule has 0 spiro atoms. The van der Waals surface area contributed by atoms with Crippen molar-refractivity contribution in [2.45, 2.75) is 4.17 Å². The molecule has 76 valence electrons. The number of amides is 2. The maximum absolute atomic E-state index is 10.9.